The minimum Gasteiger partial charge on any atom is -0.336 e. The second-order valence-corrected chi connectivity index (χ2v) is 5.75. The minimum absolute atomic E-state index is 0.552. The van der Waals surface area contributed by atoms with Crippen LogP contribution in [0.1, 0.15) is 18.5 Å². The summed E-state index contributed by atoms with van der Waals surface area (Å²) in [7, 11) is 0. The zero-order valence-electron chi connectivity index (χ0n) is 12.0. The van der Waals surface area contributed by atoms with Crippen molar-refractivity contribution in [3.63, 3.8) is 0 Å². The van der Waals surface area contributed by atoms with Gasteiger partial charge in [0, 0.05) is 50.3 Å². The van der Waals surface area contributed by atoms with Crippen molar-refractivity contribution in [2.75, 3.05) is 18.0 Å². The fourth-order valence-electron chi connectivity index (χ4n) is 3.66. The molecule has 0 saturated carbocycles. The van der Waals surface area contributed by atoms with Crippen molar-refractivity contribution in [3.05, 3.63) is 48.5 Å². The minimum atomic E-state index is 0.552. The predicted octanol–water partition coefficient (Wildman–Crippen LogP) is 1.72. The average Bonchev–Trinajstić information content (AvgIpc) is 3.12. The van der Waals surface area contributed by atoms with Crippen LogP contribution in [0, 0.1) is 0 Å². The van der Waals surface area contributed by atoms with Crippen LogP contribution in [0.4, 0.5) is 5.95 Å². The van der Waals surface area contributed by atoms with Gasteiger partial charge in [0.1, 0.15) is 0 Å². The van der Waals surface area contributed by atoms with Gasteiger partial charge in [-0.15, -0.1) is 0 Å². The molecular formula is C16H19N5. The van der Waals surface area contributed by atoms with Gasteiger partial charge < -0.3 is 4.90 Å². The predicted molar refractivity (Wildman–Crippen MR) is 80.8 cm³/mol. The van der Waals surface area contributed by atoms with Crippen LogP contribution < -0.4 is 4.90 Å². The number of rotatable bonds is 3. The molecule has 0 aromatic carbocycles. The van der Waals surface area contributed by atoms with E-state index in [4.69, 9.17) is 0 Å². The summed E-state index contributed by atoms with van der Waals surface area (Å²) in [5, 5.41) is 0. The molecule has 0 spiro atoms. The first-order valence-electron chi connectivity index (χ1n) is 7.59. The molecule has 21 heavy (non-hydrogen) atoms. The Bertz CT molecular complexity index is 588. The third-order valence-corrected chi connectivity index (χ3v) is 4.59. The van der Waals surface area contributed by atoms with Gasteiger partial charge in [0.15, 0.2) is 0 Å². The highest BCUT2D eigenvalue weighted by molar-refractivity contribution is 5.35. The quantitative estimate of drug-likeness (QED) is 0.857. The molecule has 2 saturated heterocycles. The molecule has 2 atom stereocenters. The molecule has 2 aromatic heterocycles. The fourth-order valence-corrected chi connectivity index (χ4v) is 3.66. The van der Waals surface area contributed by atoms with E-state index in [2.05, 4.69) is 36.9 Å². The van der Waals surface area contributed by atoms with Gasteiger partial charge in [0.25, 0.3) is 0 Å². The maximum atomic E-state index is 4.45. The van der Waals surface area contributed by atoms with E-state index in [-0.39, 0.29) is 0 Å². The van der Waals surface area contributed by atoms with Gasteiger partial charge in [-0.1, -0.05) is 6.07 Å². The molecule has 0 N–H and O–H groups in total. The van der Waals surface area contributed by atoms with Crippen molar-refractivity contribution in [1.29, 1.82) is 0 Å². The lowest BCUT2D eigenvalue weighted by atomic mass is 10.1. The number of fused-ring (bicyclic) bond motifs is 1. The van der Waals surface area contributed by atoms with Crippen LogP contribution in [-0.4, -0.2) is 45.0 Å². The summed E-state index contributed by atoms with van der Waals surface area (Å²) in [6.07, 6.45) is 7.92. The fraction of sp³-hybridized carbons (Fsp3) is 0.438. The van der Waals surface area contributed by atoms with Gasteiger partial charge in [0.05, 0.1) is 5.69 Å². The Morgan fingerprint density at radius 2 is 1.71 bits per heavy atom. The Morgan fingerprint density at radius 3 is 2.52 bits per heavy atom. The van der Waals surface area contributed by atoms with Crippen LogP contribution in [-0.2, 0) is 6.54 Å². The summed E-state index contributed by atoms with van der Waals surface area (Å²) in [5.74, 6) is 0.879. The Labute approximate surface area is 124 Å². The van der Waals surface area contributed by atoms with Crippen molar-refractivity contribution >= 4 is 5.95 Å². The van der Waals surface area contributed by atoms with Crippen molar-refractivity contribution in [2.45, 2.75) is 31.5 Å². The highest BCUT2D eigenvalue weighted by Gasteiger charge is 2.43. The molecule has 108 valence electrons. The lowest BCUT2D eigenvalue weighted by Crippen LogP contribution is -2.37. The number of likely N-dealkylation sites (tertiary alicyclic amines) is 1. The Morgan fingerprint density at radius 1 is 0.905 bits per heavy atom. The van der Waals surface area contributed by atoms with E-state index in [1.54, 1.807) is 0 Å². The van der Waals surface area contributed by atoms with E-state index in [0.717, 1.165) is 31.3 Å². The van der Waals surface area contributed by atoms with Crippen LogP contribution in [0.15, 0.2) is 42.9 Å². The first kappa shape index (κ1) is 12.7. The molecule has 0 radical (unpaired) electrons. The summed E-state index contributed by atoms with van der Waals surface area (Å²) < 4.78 is 0. The van der Waals surface area contributed by atoms with E-state index in [0.29, 0.717) is 12.1 Å². The average molecular weight is 281 g/mol. The number of aromatic nitrogens is 3. The third-order valence-electron chi connectivity index (χ3n) is 4.59. The molecule has 0 aliphatic carbocycles. The van der Waals surface area contributed by atoms with Gasteiger partial charge in [-0.05, 0) is 31.0 Å². The Hall–Kier alpha value is -2.01. The number of anilines is 1. The van der Waals surface area contributed by atoms with Crippen LogP contribution in [0.3, 0.4) is 0 Å². The maximum absolute atomic E-state index is 4.45. The normalized spacial score (nSPS) is 25.2. The van der Waals surface area contributed by atoms with Gasteiger partial charge in [0.2, 0.25) is 5.95 Å². The Kier molecular flexibility index (Phi) is 3.27. The summed E-state index contributed by atoms with van der Waals surface area (Å²) in [6, 6.07) is 9.18. The second-order valence-electron chi connectivity index (χ2n) is 5.75. The molecule has 2 aliphatic rings. The molecular weight excluding hydrogens is 262 g/mol. The van der Waals surface area contributed by atoms with Crippen molar-refractivity contribution in [1.82, 2.24) is 19.9 Å². The second kappa shape index (κ2) is 5.41. The van der Waals surface area contributed by atoms with Crippen molar-refractivity contribution in [2.24, 2.45) is 0 Å². The maximum Gasteiger partial charge on any atom is 0.225 e. The highest BCUT2D eigenvalue weighted by Crippen LogP contribution is 2.34. The molecule has 0 unspecified atom stereocenters. The highest BCUT2D eigenvalue weighted by atomic mass is 15.4. The molecule has 4 heterocycles. The standard InChI is InChI=1S/C16H19N5/c1-2-7-17-13(4-1)12-20-10-5-15-14(20)6-11-21(15)16-18-8-3-9-19-16/h1-4,7-9,14-15H,5-6,10-12H2/t14-,15+/m1/s1. The summed E-state index contributed by atoms with van der Waals surface area (Å²) >= 11 is 0. The Balaban J connectivity index is 1.49. The number of hydrogen-bond acceptors (Lipinski definition) is 5. The van der Waals surface area contributed by atoms with E-state index in [9.17, 15) is 0 Å². The summed E-state index contributed by atoms with van der Waals surface area (Å²) in [6.45, 7) is 3.14. The summed E-state index contributed by atoms with van der Waals surface area (Å²) in [4.78, 5) is 18.2. The van der Waals surface area contributed by atoms with Crippen LogP contribution >= 0.6 is 0 Å². The van der Waals surface area contributed by atoms with Gasteiger partial charge in [-0.3, -0.25) is 9.88 Å². The smallest absolute Gasteiger partial charge is 0.225 e. The zero-order chi connectivity index (χ0) is 14.1. The van der Waals surface area contributed by atoms with E-state index in [1.165, 1.54) is 12.8 Å². The molecule has 2 aromatic rings. The molecule has 2 aliphatic heterocycles. The SMILES string of the molecule is c1ccc(CN2CC[C@H]3[C@H]2CCN3c2ncccn2)nc1. The largest absolute Gasteiger partial charge is 0.336 e. The van der Waals surface area contributed by atoms with Crippen LogP contribution in [0.5, 0.6) is 0 Å². The van der Waals surface area contributed by atoms with E-state index >= 15 is 0 Å². The molecule has 4 rings (SSSR count). The van der Waals surface area contributed by atoms with Crippen LogP contribution in [0.2, 0.25) is 0 Å². The summed E-state index contributed by atoms with van der Waals surface area (Å²) in [5.41, 5.74) is 1.16. The lowest BCUT2D eigenvalue weighted by molar-refractivity contribution is 0.243. The van der Waals surface area contributed by atoms with E-state index in [1.807, 2.05) is 30.7 Å². The zero-order valence-corrected chi connectivity index (χ0v) is 12.0. The topological polar surface area (TPSA) is 45.2 Å². The van der Waals surface area contributed by atoms with E-state index < -0.39 is 0 Å². The molecule has 5 heteroatoms. The van der Waals surface area contributed by atoms with Crippen LogP contribution in [0.25, 0.3) is 0 Å². The number of pyridine rings is 1. The van der Waals surface area contributed by atoms with Crippen molar-refractivity contribution < 1.29 is 0 Å². The number of nitrogens with zero attached hydrogens (tertiary/aromatic N) is 5. The monoisotopic (exact) mass is 281 g/mol. The molecule has 5 nitrogen and oxygen atoms in total. The van der Waals surface area contributed by atoms with Gasteiger partial charge in [-0.2, -0.15) is 0 Å². The first-order chi connectivity index (χ1) is 10.4. The van der Waals surface area contributed by atoms with Gasteiger partial charge in [-0.25, -0.2) is 9.97 Å². The van der Waals surface area contributed by atoms with Crippen molar-refractivity contribution in [3.8, 4) is 0 Å². The van der Waals surface area contributed by atoms with Gasteiger partial charge >= 0.3 is 0 Å². The third kappa shape index (κ3) is 2.38. The first-order valence-corrected chi connectivity index (χ1v) is 7.59. The number of hydrogen-bond donors (Lipinski definition) is 0. The molecule has 0 amide bonds. The molecule has 2 fully saturated rings. The lowest BCUT2D eigenvalue weighted by Gasteiger charge is -2.25. The molecule has 0 bridgehead atoms.